The molecule has 112 valence electrons. The van der Waals surface area contributed by atoms with Gasteiger partial charge in [-0.3, -0.25) is 0 Å². The van der Waals surface area contributed by atoms with E-state index in [4.69, 9.17) is 17.3 Å². The van der Waals surface area contributed by atoms with Crippen LogP contribution in [-0.2, 0) is 10.0 Å². The molecule has 1 aliphatic carbocycles. The summed E-state index contributed by atoms with van der Waals surface area (Å²) >= 11 is 5.85. The summed E-state index contributed by atoms with van der Waals surface area (Å²) in [5, 5.41) is 0.00101. The molecule has 1 aliphatic rings. The van der Waals surface area contributed by atoms with Crippen molar-refractivity contribution in [2.24, 2.45) is 5.73 Å². The van der Waals surface area contributed by atoms with Crippen LogP contribution < -0.4 is 10.5 Å². The Bertz CT molecular complexity index is 580. The molecule has 0 saturated heterocycles. The van der Waals surface area contributed by atoms with Crippen LogP contribution >= 0.6 is 11.6 Å². The van der Waals surface area contributed by atoms with Crippen LogP contribution in [0.4, 0.5) is 4.39 Å². The molecule has 2 rings (SSSR count). The van der Waals surface area contributed by atoms with Gasteiger partial charge in [0.1, 0.15) is 10.7 Å². The summed E-state index contributed by atoms with van der Waals surface area (Å²) in [5.41, 5.74) is 6.00. The molecule has 3 N–H and O–H groups in total. The molecule has 0 aromatic heterocycles. The van der Waals surface area contributed by atoms with E-state index < -0.39 is 15.8 Å². The molecule has 1 aromatic rings. The van der Waals surface area contributed by atoms with Gasteiger partial charge in [0.15, 0.2) is 0 Å². The zero-order chi connectivity index (χ0) is 14.8. The molecule has 20 heavy (non-hydrogen) atoms. The van der Waals surface area contributed by atoms with Crippen molar-refractivity contribution in [3.8, 4) is 0 Å². The SMILES string of the molecule is NC1CCCCCC1NS(=O)(=O)c1cc(F)ccc1Cl. The largest absolute Gasteiger partial charge is 0.326 e. The van der Waals surface area contributed by atoms with Gasteiger partial charge in [-0.1, -0.05) is 30.9 Å². The summed E-state index contributed by atoms with van der Waals surface area (Å²) in [7, 11) is -3.86. The molecule has 0 amide bonds. The first-order valence-corrected chi connectivity index (χ1v) is 8.49. The van der Waals surface area contributed by atoms with Gasteiger partial charge in [-0.15, -0.1) is 0 Å². The molecule has 1 saturated carbocycles. The van der Waals surface area contributed by atoms with E-state index in [2.05, 4.69) is 4.72 Å². The number of rotatable bonds is 3. The van der Waals surface area contributed by atoms with Crippen LogP contribution in [0.3, 0.4) is 0 Å². The van der Waals surface area contributed by atoms with Gasteiger partial charge in [0.2, 0.25) is 10.0 Å². The van der Waals surface area contributed by atoms with Gasteiger partial charge in [-0.05, 0) is 31.0 Å². The Morgan fingerprint density at radius 1 is 1.25 bits per heavy atom. The number of halogens is 2. The van der Waals surface area contributed by atoms with Crippen molar-refractivity contribution in [3.05, 3.63) is 29.0 Å². The maximum Gasteiger partial charge on any atom is 0.242 e. The van der Waals surface area contributed by atoms with Crippen molar-refractivity contribution in [1.29, 1.82) is 0 Å². The number of benzene rings is 1. The fourth-order valence-electron chi connectivity index (χ4n) is 2.43. The van der Waals surface area contributed by atoms with Gasteiger partial charge < -0.3 is 5.73 Å². The molecule has 0 spiro atoms. The monoisotopic (exact) mass is 320 g/mol. The third-order valence-corrected chi connectivity index (χ3v) is 5.53. The molecule has 0 aliphatic heterocycles. The van der Waals surface area contributed by atoms with Crippen LogP contribution in [0.5, 0.6) is 0 Å². The second-order valence-corrected chi connectivity index (χ2v) is 7.19. The first-order chi connectivity index (χ1) is 9.40. The lowest BCUT2D eigenvalue weighted by Crippen LogP contribution is -2.46. The molecule has 0 radical (unpaired) electrons. The molecule has 1 aromatic carbocycles. The van der Waals surface area contributed by atoms with E-state index in [1.54, 1.807) is 0 Å². The summed E-state index contributed by atoms with van der Waals surface area (Å²) in [6.45, 7) is 0. The van der Waals surface area contributed by atoms with Crippen LogP contribution in [0.2, 0.25) is 5.02 Å². The lowest BCUT2D eigenvalue weighted by atomic mass is 10.1. The Kier molecular flexibility index (Phi) is 5.01. The minimum absolute atomic E-state index is 0.00101. The van der Waals surface area contributed by atoms with Gasteiger partial charge in [0, 0.05) is 12.1 Å². The number of hydrogen-bond acceptors (Lipinski definition) is 3. The first-order valence-electron chi connectivity index (χ1n) is 6.63. The normalized spacial score (nSPS) is 24.4. The average Bonchev–Trinajstić information content (AvgIpc) is 2.57. The number of nitrogens with one attached hydrogen (secondary N) is 1. The highest BCUT2D eigenvalue weighted by atomic mass is 35.5. The summed E-state index contributed by atoms with van der Waals surface area (Å²) < 4.78 is 40.4. The Morgan fingerprint density at radius 3 is 2.70 bits per heavy atom. The van der Waals surface area contributed by atoms with Gasteiger partial charge >= 0.3 is 0 Å². The quantitative estimate of drug-likeness (QED) is 0.840. The topological polar surface area (TPSA) is 72.2 Å². The minimum Gasteiger partial charge on any atom is -0.326 e. The molecule has 2 atom stereocenters. The fraction of sp³-hybridized carbons (Fsp3) is 0.538. The molecular formula is C13H18ClFN2O2S. The van der Waals surface area contributed by atoms with Crippen LogP contribution in [0.1, 0.15) is 32.1 Å². The molecule has 7 heteroatoms. The molecule has 1 fully saturated rings. The Labute approximate surface area is 123 Å². The maximum absolute atomic E-state index is 13.2. The van der Waals surface area contributed by atoms with Gasteiger partial charge in [0.25, 0.3) is 0 Å². The van der Waals surface area contributed by atoms with Crippen molar-refractivity contribution in [1.82, 2.24) is 4.72 Å². The van der Waals surface area contributed by atoms with Crippen LogP contribution in [-0.4, -0.2) is 20.5 Å². The van der Waals surface area contributed by atoms with E-state index >= 15 is 0 Å². The highest BCUT2D eigenvalue weighted by molar-refractivity contribution is 7.89. The third-order valence-electron chi connectivity index (χ3n) is 3.56. The highest BCUT2D eigenvalue weighted by Crippen LogP contribution is 2.24. The molecule has 0 heterocycles. The van der Waals surface area contributed by atoms with E-state index in [1.165, 1.54) is 6.07 Å². The first kappa shape index (κ1) is 15.7. The standard InChI is InChI=1S/C13H18ClFN2O2S/c14-10-7-6-9(15)8-13(10)20(18,19)17-12-5-3-1-2-4-11(12)16/h6-8,11-12,17H,1-5,16H2. The van der Waals surface area contributed by atoms with Crippen molar-refractivity contribution in [2.75, 3.05) is 0 Å². The Morgan fingerprint density at radius 2 is 1.95 bits per heavy atom. The number of nitrogens with two attached hydrogens (primary N) is 1. The number of hydrogen-bond donors (Lipinski definition) is 2. The minimum atomic E-state index is -3.86. The molecular weight excluding hydrogens is 303 g/mol. The van der Waals surface area contributed by atoms with E-state index in [0.29, 0.717) is 6.42 Å². The van der Waals surface area contributed by atoms with Crippen molar-refractivity contribution in [2.45, 2.75) is 49.1 Å². The van der Waals surface area contributed by atoms with Crippen molar-refractivity contribution >= 4 is 21.6 Å². The second kappa shape index (κ2) is 6.39. The lowest BCUT2D eigenvalue weighted by molar-refractivity contribution is 0.456. The highest BCUT2D eigenvalue weighted by Gasteiger charge is 2.27. The number of sulfonamides is 1. The summed E-state index contributed by atoms with van der Waals surface area (Å²) in [5.74, 6) is -0.639. The molecule has 0 bridgehead atoms. The van der Waals surface area contributed by atoms with Gasteiger partial charge in [0.05, 0.1) is 5.02 Å². The smallest absolute Gasteiger partial charge is 0.242 e. The fourth-order valence-corrected chi connectivity index (χ4v) is 4.26. The van der Waals surface area contributed by atoms with Crippen LogP contribution in [0, 0.1) is 5.82 Å². The predicted octanol–water partition coefficient (Wildman–Crippen LogP) is 2.42. The second-order valence-electron chi connectivity index (χ2n) is 5.10. The average molecular weight is 321 g/mol. The van der Waals surface area contributed by atoms with Crippen molar-refractivity contribution in [3.63, 3.8) is 0 Å². The lowest BCUT2D eigenvalue weighted by Gasteiger charge is -2.22. The summed E-state index contributed by atoms with van der Waals surface area (Å²) in [6, 6.07) is 2.73. The van der Waals surface area contributed by atoms with E-state index in [1.807, 2.05) is 0 Å². The van der Waals surface area contributed by atoms with E-state index in [-0.39, 0.29) is 22.0 Å². The van der Waals surface area contributed by atoms with Crippen LogP contribution in [0.25, 0.3) is 0 Å². The molecule has 4 nitrogen and oxygen atoms in total. The predicted molar refractivity (Wildman–Crippen MR) is 76.6 cm³/mol. The van der Waals surface area contributed by atoms with Gasteiger partial charge in [-0.25, -0.2) is 17.5 Å². The van der Waals surface area contributed by atoms with E-state index in [0.717, 1.165) is 37.8 Å². The summed E-state index contributed by atoms with van der Waals surface area (Å²) in [6.07, 6.45) is 4.45. The van der Waals surface area contributed by atoms with E-state index in [9.17, 15) is 12.8 Å². The zero-order valence-electron chi connectivity index (χ0n) is 11.0. The van der Waals surface area contributed by atoms with Crippen molar-refractivity contribution < 1.29 is 12.8 Å². The molecule has 2 unspecified atom stereocenters. The third kappa shape index (κ3) is 3.69. The Hall–Kier alpha value is -0.690. The van der Waals surface area contributed by atoms with Gasteiger partial charge in [-0.2, -0.15) is 0 Å². The Balaban J connectivity index is 2.24. The van der Waals surface area contributed by atoms with Crippen LogP contribution in [0.15, 0.2) is 23.1 Å². The zero-order valence-corrected chi connectivity index (χ0v) is 12.6. The summed E-state index contributed by atoms with van der Waals surface area (Å²) in [4.78, 5) is -0.240. The maximum atomic E-state index is 13.2.